The van der Waals surface area contributed by atoms with E-state index in [-0.39, 0.29) is 17.7 Å². The predicted octanol–water partition coefficient (Wildman–Crippen LogP) is 4.43. The van der Waals surface area contributed by atoms with Gasteiger partial charge in [0.05, 0.1) is 10.2 Å². The average Bonchev–Trinajstić information content (AvgIpc) is 3.41. The summed E-state index contributed by atoms with van der Waals surface area (Å²) < 4.78 is 1.08. The lowest BCUT2D eigenvalue weighted by Gasteiger charge is -2.24. The van der Waals surface area contributed by atoms with Crippen molar-refractivity contribution in [3.63, 3.8) is 0 Å². The highest BCUT2D eigenvalue weighted by Crippen LogP contribution is 2.32. The molecule has 154 valence electrons. The van der Waals surface area contributed by atoms with Crippen LogP contribution in [0.15, 0.2) is 42.5 Å². The highest BCUT2D eigenvalue weighted by atomic mass is 32.1. The van der Waals surface area contributed by atoms with Gasteiger partial charge < -0.3 is 15.5 Å². The summed E-state index contributed by atoms with van der Waals surface area (Å²) in [5.41, 5.74) is 3.77. The van der Waals surface area contributed by atoms with Gasteiger partial charge in [-0.3, -0.25) is 9.59 Å². The number of nitrogens with one attached hydrogen (secondary N) is 2. The number of rotatable bonds is 5. The number of nitrogens with zero attached hydrogens (tertiary/aromatic N) is 2. The highest BCUT2D eigenvalue weighted by Gasteiger charge is 2.26. The third kappa shape index (κ3) is 3.89. The van der Waals surface area contributed by atoms with Gasteiger partial charge in [-0.25, -0.2) is 4.98 Å². The minimum absolute atomic E-state index is 0.00187. The molecule has 0 bridgehead atoms. The van der Waals surface area contributed by atoms with Crippen LogP contribution in [-0.2, 0) is 16.0 Å². The molecule has 1 saturated heterocycles. The lowest BCUT2D eigenvalue weighted by Crippen LogP contribution is -2.30. The molecule has 6 nitrogen and oxygen atoms in total. The maximum Gasteiger partial charge on any atom is 0.227 e. The van der Waals surface area contributed by atoms with Crippen LogP contribution in [0, 0.1) is 5.92 Å². The molecule has 30 heavy (non-hydrogen) atoms. The van der Waals surface area contributed by atoms with Gasteiger partial charge in [-0.1, -0.05) is 29.5 Å². The monoisotopic (exact) mass is 420 g/mol. The lowest BCUT2D eigenvalue weighted by atomic mass is 9.89. The fourth-order valence-electron chi connectivity index (χ4n) is 4.21. The second-order valence-electron chi connectivity index (χ2n) is 8.01. The molecule has 7 heteroatoms. The first kappa shape index (κ1) is 19.1. The second-order valence-corrected chi connectivity index (χ2v) is 9.02. The van der Waals surface area contributed by atoms with Crippen molar-refractivity contribution in [2.24, 2.45) is 5.92 Å². The van der Waals surface area contributed by atoms with E-state index in [0.717, 1.165) is 45.4 Å². The number of benzene rings is 2. The summed E-state index contributed by atoms with van der Waals surface area (Å²) >= 11 is 1.68. The zero-order valence-corrected chi connectivity index (χ0v) is 17.5. The van der Waals surface area contributed by atoms with Crippen molar-refractivity contribution >= 4 is 49.9 Å². The van der Waals surface area contributed by atoms with Gasteiger partial charge in [0.1, 0.15) is 0 Å². The molecule has 2 amide bonds. The van der Waals surface area contributed by atoms with Crippen LogP contribution in [0.3, 0.4) is 0 Å². The molecule has 3 aromatic rings. The Morgan fingerprint density at radius 1 is 1.20 bits per heavy atom. The first-order valence-electron chi connectivity index (χ1n) is 10.5. The Morgan fingerprint density at radius 2 is 2.03 bits per heavy atom. The molecule has 5 rings (SSSR count). The van der Waals surface area contributed by atoms with Crippen molar-refractivity contribution in [2.45, 2.75) is 32.1 Å². The summed E-state index contributed by atoms with van der Waals surface area (Å²) in [6, 6.07) is 13.7. The second kappa shape index (κ2) is 8.07. The first-order valence-corrected chi connectivity index (χ1v) is 11.3. The Labute approximate surface area is 179 Å². The zero-order chi connectivity index (χ0) is 20.5. The Balaban J connectivity index is 1.20. The smallest absolute Gasteiger partial charge is 0.227 e. The number of fused-ring (bicyclic) bond motifs is 2. The molecule has 0 radical (unpaired) electrons. The van der Waals surface area contributed by atoms with Crippen LogP contribution in [0.2, 0.25) is 0 Å². The van der Waals surface area contributed by atoms with Crippen LogP contribution in [0.25, 0.3) is 10.2 Å². The number of carbonyl (C=O) groups excluding carboxylic acids is 2. The van der Waals surface area contributed by atoms with E-state index in [0.29, 0.717) is 19.3 Å². The van der Waals surface area contributed by atoms with Gasteiger partial charge in [-0.05, 0) is 55.5 Å². The normalized spacial score (nSPS) is 18.3. The van der Waals surface area contributed by atoms with Crippen LogP contribution in [0.4, 0.5) is 16.5 Å². The third-order valence-electron chi connectivity index (χ3n) is 5.87. The SMILES string of the molecule is O=C(CCC1Cc2ccccc2NC1=O)Nc1ccc2nc(N3CCCC3)sc2c1. The van der Waals surface area contributed by atoms with Crippen molar-refractivity contribution in [1.29, 1.82) is 0 Å². The van der Waals surface area contributed by atoms with E-state index in [1.807, 2.05) is 42.5 Å². The van der Waals surface area contributed by atoms with Crippen LogP contribution in [-0.4, -0.2) is 29.9 Å². The number of anilines is 3. The minimum Gasteiger partial charge on any atom is -0.348 e. The Bertz CT molecular complexity index is 1100. The van der Waals surface area contributed by atoms with Gasteiger partial charge in [0.15, 0.2) is 5.13 Å². The lowest BCUT2D eigenvalue weighted by molar-refractivity contribution is -0.121. The molecule has 1 atom stereocenters. The standard InChI is InChI=1S/C23H24N4O2S/c28-21(10-7-16-13-15-5-1-2-6-18(15)25-22(16)29)24-17-8-9-19-20(14-17)30-23(26-19)27-11-3-4-12-27/h1-2,5-6,8-9,14,16H,3-4,7,10-13H2,(H,24,28)(H,25,29). The molecule has 1 aromatic heterocycles. The highest BCUT2D eigenvalue weighted by molar-refractivity contribution is 7.22. The minimum atomic E-state index is -0.169. The van der Waals surface area contributed by atoms with Crippen LogP contribution < -0.4 is 15.5 Å². The van der Waals surface area contributed by atoms with Gasteiger partial charge in [0.25, 0.3) is 0 Å². The van der Waals surface area contributed by atoms with Gasteiger partial charge in [0, 0.05) is 36.8 Å². The summed E-state index contributed by atoms with van der Waals surface area (Å²) in [5, 5.41) is 6.99. The van der Waals surface area contributed by atoms with E-state index >= 15 is 0 Å². The summed E-state index contributed by atoms with van der Waals surface area (Å²) in [6.45, 7) is 2.14. The zero-order valence-electron chi connectivity index (χ0n) is 16.7. The summed E-state index contributed by atoms with van der Waals surface area (Å²) in [5.74, 6) is -0.232. The summed E-state index contributed by atoms with van der Waals surface area (Å²) in [6.07, 6.45) is 3.99. The Morgan fingerprint density at radius 3 is 2.90 bits per heavy atom. The maximum absolute atomic E-state index is 12.5. The van der Waals surface area contributed by atoms with E-state index in [9.17, 15) is 9.59 Å². The number of amides is 2. The topological polar surface area (TPSA) is 74.3 Å². The number of thiazole rings is 1. The average molecular weight is 421 g/mol. The van der Waals surface area contributed by atoms with Crippen molar-refractivity contribution in [1.82, 2.24) is 4.98 Å². The molecule has 0 spiro atoms. The molecular formula is C23H24N4O2S. The maximum atomic E-state index is 12.5. The molecule has 2 aromatic carbocycles. The molecule has 0 saturated carbocycles. The van der Waals surface area contributed by atoms with Crippen LogP contribution >= 0.6 is 11.3 Å². The number of hydrogen-bond acceptors (Lipinski definition) is 5. The number of para-hydroxylation sites is 1. The van der Waals surface area contributed by atoms with Gasteiger partial charge >= 0.3 is 0 Å². The first-order chi connectivity index (χ1) is 14.7. The number of hydrogen-bond donors (Lipinski definition) is 2. The summed E-state index contributed by atoms with van der Waals surface area (Å²) in [4.78, 5) is 31.9. The van der Waals surface area contributed by atoms with Crippen molar-refractivity contribution in [3.8, 4) is 0 Å². The third-order valence-corrected chi connectivity index (χ3v) is 6.95. The van der Waals surface area contributed by atoms with Crippen molar-refractivity contribution < 1.29 is 9.59 Å². The summed E-state index contributed by atoms with van der Waals surface area (Å²) in [7, 11) is 0. The molecule has 0 aliphatic carbocycles. The number of carbonyl (C=O) groups is 2. The van der Waals surface area contributed by atoms with E-state index < -0.39 is 0 Å². The quantitative estimate of drug-likeness (QED) is 0.641. The van der Waals surface area contributed by atoms with Gasteiger partial charge in [-0.15, -0.1) is 0 Å². The predicted molar refractivity (Wildman–Crippen MR) is 121 cm³/mol. The molecule has 1 unspecified atom stereocenters. The largest absolute Gasteiger partial charge is 0.348 e. The van der Waals surface area contributed by atoms with Crippen molar-refractivity contribution in [3.05, 3.63) is 48.0 Å². The molecule has 3 heterocycles. The molecule has 2 N–H and O–H groups in total. The fourth-order valence-corrected chi connectivity index (χ4v) is 5.27. The Hall–Kier alpha value is -2.93. The fraction of sp³-hybridized carbons (Fsp3) is 0.348. The van der Waals surface area contributed by atoms with Gasteiger partial charge in [0.2, 0.25) is 11.8 Å². The van der Waals surface area contributed by atoms with E-state index in [1.165, 1.54) is 12.8 Å². The molecule has 2 aliphatic heterocycles. The van der Waals surface area contributed by atoms with Crippen LogP contribution in [0.5, 0.6) is 0 Å². The van der Waals surface area contributed by atoms with Crippen molar-refractivity contribution in [2.75, 3.05) is 28.6 Å². The van der Waals surface area contributed by atoms with E-state index in [4.69, 9.17) is 4.98 Å². The molecular weight excluding hydrogens is 396 g/mol. The molecule has 2 aliphatic rings. The van der Waals surface area contributed by atoms with E-state index in [1.54, 1.807) is 11.3 Å². The van der Waals surface area contributed by atoms with Crippen LogP contribution in [0.1, 0.15) is 31.2 Å². The Kier molecular flexibility index (Phi) is 5.12. The van der Waals surface area contributed by atoms with E-state index in [2.05, 4.69) is 15.5 Å². The molecule has 1 fully saturated rings. The van der Waals surface area contributed by atoms with Gasteiger partial charge in [-0.2, -0.15) is 0 Å². The number of aromatic nitrogens is 1.